The minimum atomic E-state index is -1.09. The number of nitrogens with zero attached hydrogens (tertiary/aromatic N) is 5. The van der Waals surface area contributed by atoms with Crippen LogP contribution in [-0.4, -0.2) is 58.7 Å². The molecule has 0 bridgehead atoms. The highest BCUT2D eigenvalue weighted by Crippen LogP contribution is 2.35. The number of aryl methyl sites for hydroxylation is 2. The van der Waals surface area contributed by atoms with Gasteiger partial charge in [-0.15, -0.1) is 10.2 Å². The van der Waals surface area contributed by atoms with Crippen molar-refractivity contribution in [3.05, 3.63) is 70.9 Å². The fourth-order valence-corrected chi connectivity index (χ4v) is 4.43. The number of aliphatic hydroxyl groups excluding tert-OH is 1. The van der Waals surface area contributed by atoms with Crippen LogP contribution in [0.3, 0.4) is 0 Å². The molecule has 1 aliphatic rings. The molecule has 1 N–H and O–H groups in total. The van der Waals surface area contributed by atoms with Gasteiger partial charge in [0.1, 0.15) is 18.2 Å². The van der Waals surface area contributed by atoms with Gasteiger partial charge in [0.25, 0.3) is 0 Å². The lowest BCUT2D eigenvalue weighted by atomic mass is 9.94. The molecule has 1 atom stereocenters. The maximum absolute atomic E-state index is 15.2. The molecule has 1 aliphatic heterocycles. The van der Waals surface area contributed by atoms with Crippen LogP contribution in [0.15, 0.2) is 42.7 Å². The van der Waals surface area contributed by atoms with Crippen molar-refractivity contribution in [2.45, 2.75) is 20.0 Å². The molecular weight excluding hydrogens is 449 g/mol. The number of ether oxygens (including phenoxy) is 2. The summed E-state index contributed by atoms with van der Waals surface area (Å²) in [5.41, 5.74) is 4.75. The molecule has 1 saturated heterocycles. The highest BCUT2D eigenvalue weighted by molar-refractivity contribution is 5.94. The molecule has 4 aromatic rings. The van der Waals surface area contributed by atoms with Gasteiger partial charge >= 0.3 is 0 Å². The third kappa shape index (κ3) is 4.40. The first-order valence-corrected chi connectivity index (χ1v) is 11.4. The van der Waals surface area contributed by atoms with E-state index in [4.69, 9.17) is 9.47 Å². The average Bonchev–Trinajstić information content (AvgIpc) is 2.88. The topological polar surface area (TPSA) is 93.5 Å². The molecule has 1 unspecified atom stereocenters. The van der Waals surface area contributed by atoms with Crippen LogP contribution < -0.4 is 9.64 Å². The second kappa shape index (κ2) is 9.52. The molecule has 0 aliphatic carbocycles. The van der Waals surface area contributed by atoms with Gasteiger partial charge in [-0.2, -0.15) is 0 Å². The Morgan fingerprint density at radius 3 is 2.57 bits per heavy atom. The molecule has 9 heteroatoms. The van der Waals surface area contributed by atoms with E-state index in [9.17, 15) is 5.11 Å². The normalized spacial score (nSPS) is 14.8. The van der Waals surface area contributed by atoms with Crippen LogP contribution in [0.25, 0.3) is 22.2 Å². The van der Waals surface area contributed by atoms with Crippen molar-refractivity contribution in [2.75, 3.05) is 38.3 Å². The van der Waals surface area contributed by atoms with Gasteiger partial charge in [0.2, 0.25) is 5.88 Å². The number of hydrogen-bond acceptors (Lipinski definition) is 8. The minimum Gasteiger partial charge on any atom is -0.480 e. The summed E-state index contributed by atoms with van der Waals surface area (Å²) in [6, 6.07) is 10.7. The summed E-state index contributed by atoms with van der Waals surface area (Å²) >= 11 is 0. The standard InChI is InChI=1S/C26H26FN5O3/c1-15-10-21(27)20(13-19(15)26(33)24-16(2)11-23(34-3)30-31-24)25-18-5-4-17(12-22(18)28-14-29-25)32-6-8-35-9-7-32/h4-5,10-14,26,33H,6-9H2,1-3H3. The lowest BCUT2D eigenvalue weighted by molar-refractivity contribution is 0.122. The Bertz CT molecular complexity index is 1390. The van der Waals surface area contributed by atoms with E-state index in [2.05, 4.69) is 25.1 Å². The smallest absolute Gasteiger partial charge is 0.233 e. The number of hydrogen-bond donors (Lipinski definition) is 1. The zero-order chi connectivity index (χ0) is 24.5. The van der Waals surface area contributed by atoms with E-state index in [1.54, 1.807) is 19.1 Å². The highest BCUT2D eigenvalue weighted by Gasteiger charge is 2.22. The van der Waals surface area contributed by atoms with Gasteiger partial charge in [0, 0.05) is 35.8 Å². The maximum Gasteiger partial charge on any atom is 0.233 e. The zero-order valence-electron chi connectivity index (χ0n) is 19.8. The van der Waals surface area contributed by atoms with Crippen molar-refractivity contribution in [3.63, 3.8) is 0 Å². The number of methoxy groups -OCH3 is 1. The van der Waals surface area contributed by atoms with Gasteiger partial charge in [-0.05, 0) is 60.9 Å². The van der Waals surface area contributed by atoms with Crippen LogP contribution in [0.5, 0.6) is 5.88 Å². The number of halogens is 1. The highest BCUT2D eigenvalue weighted by atomic mass is 19.1. The number of aliphatic hydroxyl groups is 1. The molecular formula is C26H26FN5O3. The summed E-state index contributed by atoms with van der Waals surface area (Å²) in [5.74, 6) is -0.0629. The Morgan fingerprint density at radius 1 is 1.03 bits per heavy atom. The summed E-state index contributed by atoms with van der Waals surface area (Å²) in [5, 5.41) is 20.0. The Morgan fingerprint density at radius 2 is 1.83 bits per heavy atom. The summed E-state index contributed by atoms with van der Waals surface area (Å²) in [6.07, 6.45) is 0.351. The van der Waals surface area contributed by atoms with Crippen LogP contribution in [0, 0.1) is 19.7 Å². The molecule has 5 rings (SSSR count). The SMILES string of the molecule is COc1cc(C)c(C(O)c2cc(-c3ncnc4cc(N5CCOCC5)ccc34)c(F)cc2C)nn1. The van der Waals surface area contributed by atoms with E-state index >= 15 is 4.39 Å². The van der Waals surface area contributed by atoms with Gasteiger partial charge in [0.05, 0.1) is 37.2 Å². The molecule has 3 heterocycles. The lowest BCUT2D eigenvalue weighted by Crippen LogP contribution is -2.36. The minimum absolute atomic E-state index is 0.287. The van der Waals surface area contributed by atoms with E-state index in [1.807, 2.05) is 25.1 Å². The van der Waals surface area contributed by atoms with E-state index < -0.39 is 11.9 Å². The van der Waals surface area contributed by atoms with Crippen LogP contribution in [-0.2, 0) is 4.74 Å². The number of anilines is 1. The monoisotopic (exact) mass is 475 g/mol. The molecule has 8 nitrogen and oxygen atoms in total. The molecule has 180 valence electrons. The first-order chi connectivity index (χ1) is 17.0. The summed E-state index contributed by atoms with van der Waals surface area (Å²) in [4.78, 5) is 11.1. The molecule has 1 fully saturated rings. The Kier molecular flexibility index (Phi) is 6.27. The summed E-state index contributed by atoms with van der Waals surface area (Å²) in [7, 11) is 1.51. The van der Waals surface area contributed by atoms with E-state index in [0.29, 0.717) is 41.6 Å². The molecule has 0 saturated carbocycles. The average molecular weight is 476 g/mol. The van der Waals surface area contributed by atoms with E-state index in [1.165, 1.54) is 19.5 Å². The van der Waals surface area contributed by atoms with Crippen LogP contribution in [0.1, 0.15) is 28.5 Å². The predicted molar refractivity (Wildman–Crippen MR) is 130 cm³/mol. The van der Waals surface area contributed by atoms with Crippen molar-refractivity contribution in [2.24, 2.45) is 0 Å². The Labute approximate surface area is 202 Å². The maximum atomic E-state index is 15.2. The third-order valence-corrected chi connectivity index (χ3v) is 6.37. The fraction of sp³-hybridized carbons (Fsp3) is 0.308. The number of fused-ring (bicyclic) bond motifs is 1. The second-order valence-electron chi connectivity index (χ2n) is 8.57. The Balaban J connectivity index is 1.57. The van der Waals surface area contributed by atoms with Crippen LogP contribution in [0.2, 0.25) is 0 Å². The predicted octanol–water partition coefficient (Wildman–Crippen LogP) is 3.77. The lowest BCUT2D eigenvalue weighted by Gasteiger charge is -2.29. The second-order valence-corrected chi connectivity index (χ2v) is 8.57. The van der Waals surface area contributed by atoms with Gasteiger partial charge in [-0.1, -0.05) is 0 Å². The largest absolute Gasteiger partial charge is 0.480 e. The molecule has 0 amide bonds. The third-order valence-electron chi connectivity index (χ3n) is 6.37. The summed E-state index contributed by atoms with van der Waals surface area (Å²) in [6.45, 7) is 6.56. The number of benzene rings is 2. The first kappa shape index (κ1) is 23.1. The van der Waals surface area contributed by atoms with Crippen molar-refractivity contribution in [1.29, 1.82) is 0 Å². The van der Waals surface area contributed by atoms with Gasteiger partial charge < -0.3 is 19.5 Å². The van der Waals surface area contributed by atoms with Crippen LogP contribution in [0.4, 0.5) is 10.1 Å². The quantitative estimate of drug-likeness (QED) is 0.466. The van der Waals surface area contributed by atoms with Crippen molar-refractivity contribution in [1.82, 2.24) is 20.2 Å². The van der Waals surface area contributed by atoms with Gasteiger partial charge in [-0.3, -0.25) is 0 Å². The van der Waals surface area contributed by atoms with E-state index in [-0.39, 0.29) is 5.56 Å². The molecule has 2 aromatic carbocycles. The number of aromatic nitrogens is 4. The van der Waals surface area contributed by atoms with Crippen LogP contribution >= 0.6 is 0 Å². The van der Waals surface area contributed by atoms with Gasteiger partial charge in [-0.25, -0.2) is 14.4 Å². The first-order valence-electron chi connectivity index (χ1n) is 11.4. The van der Waals surface area contributed by atoms with Crippen molar-refractivity contribution in [3.8, 4) is 17.1 Å². The number of morpholine rings is 1. The van der Waals surface area contributed by atoms with Gasteiger partial charge in [0.15, 0.2) is 0 Å². The number of rotatable bonds is 5. The van der Waals surface area contributed by atoms with Crippen molar-refractivity contribution >= 4 is 16.6 Å². The Hall–Kier alpha value is -3.69. The summed E-state index contributed by atoms with van der Waals surface area (Å²) < 4.78 is 25.8. The zero-order valence-corrected chi connectivity index (χ0v) is 19.8. The van der Waals surface area contributed by atoms with E-state index in [0.717, 1.165) is 35.2 Å². The van der Waals surface area contributed by atoms with Crippen molar-refractivity contribution < 1.29 is 19.0 Å². The fourth-order valence-electron chi connectivity index (χ4n) is 4.43. The molecule has 0 spiro atoms. The molecule has 0 radical (unpaired) electrons. The molecule has 2 aromatic heterocycles. The molecule has 35 heavy (non-hydrogen) atoms.